The molecule has 8 heteroatoms. The molecule has 3 saturated carbocycles. The Morgan fingerprint density at radius 3 is 2.29 bits per heavy atom. The first-order valence-corrected chi connectivity index (χ1v) is 12.9. The van der Waals surface area contributed by atoms with Gasteiger partial charge in [-0.25, -0.2) is 13.1 Å². The molecule has 1 aromatic carbocycles. The zero-order valence-corrected chi connectivity index (χ0v) is 20.2. The zero-order valence-electron chi connectivity index (χ0n) is 18.6. The van der Waals surface area contributed by atoms with Crippen molar-refractivity contribution in [1.29, 1.82) is 0 Å². The van der Waals surface area contributed by atoms with Crippen LogP contribution < -0.4 is 15.4 Å². The molecular formula is C23H36ClN3O3S. The third kappa shape index (κ3) is 5.27. The Hall–Kier alpha value is -1.15. The number of fused-ring (bicyclic) bond motifs is 3. The van der Waals surface area contributed by atoms with Crippen molar-refractivity contribution in [2.45, 2.75) is 76.2 Å². The van der Waals surface area contributed by atoms with Gasteiger partial charge in [0.1, 0.15) is 0 Å². The summed E-state index contributed by atoms with van der Waals surface area (Å²) in [4.78, 5) is 13.3. The number of hydrogen-bond donors (Lipinski definition) is 3. The maximum Gasteiger partial charge on any atom is 0.240 e. The average Bonchev–Trinajstić information content (AvgIpc) is 2.76. The number of carbonyl (C=O) groups is 1. The molecule has 3 aliphatic carbocycles. The number of halogens is 1. The summed E-state index contributed by atoms with van der Waals surface area (Å²) < 4.78 is 28.7. The van der Waals surface area contributed by atoms with Gasteiger partial charge in [-0.1, -0.05) is 0 Å². The molecule has 0 unspecified atom stereocenters. The van der Waals surface area contributed by atoms with Gasteiger partial charge in [-0.15, -0.1) is 12.4 Å². The predicted octanol–water partition coefficient (Wildman–Crippen LogP) is 3.99. The maximum atomic E-state index is 13.1. The molecule has 1 saturated heterocycles. The second kappa shape index (κ2) is 9.77. The lowest BCUT2D eigenvalue weighted by molar-refractivity contribution is -0.131. The van der Waals surface area contributed by atoms with E-state index in [2.05, 4.69) is 15.4 Å². The van der Waals surface area contributed by atoms with E-state index in [0.29, 0.717) is 11.6 Å². The Morgan fingerprint density at radius 1 is 1.10 bits per heavy atom. The molecule has 0 radical (unpaired) electrons. The van der Waals surface area contributed by atoms with Crippen molar-refractivity contribution in [2.75, 3.05) is 18.4 Å². The van der Waals surface area contributed by atoms with E-state index >= 15 is 0 Å². The van der Waals surface area contributed by atoms with Crippen LogP contribution in [0.1, 0.15) is 63.9 Å². The van der Waals surface area contributed by atoms with Gasteiger partial charge in [-0.3, -0.25) is 4.79 Å². The molecule has 1 atom stereocenters. The summed E-state index contributed by atoms with van der Waals surface area (Å²) in [5.41, 5.74) is 1.27. The van der Waals surface area contributed by atoms with Crippen LogP contribution in [0.2, 0.25) is 0 Å². The second-order valence-electron chi connectivity index (χ2n) is 9.69. The van der Waals surface area contributed by atoms with Crippen LogP contribution in [-0.4, -0.2) is 33.5 Å². The maximum absolute atomic E-state index is 13.1. The monoisotopic (exact) mass is 469 g/mol. The highest BCUT2D eigenvalue weighted by atomic mass is 35.5. The number of carbonyl (C=O) groups excluding carboxylic acids is 1. The molecule has 3 N–H and O–H groups in total. The summed E-state index contributed by atoms with van der Waals surface area (Å²) in [6.07, 6.45) is 8.38. The minimum Gasteiger partial charge on any atom is -0.325 e. The normalized spacial score (nSPS) is 27.4. The van der Waals surface area contributed by atoms with Gasteiger partial charge in [0.25, 0.3) is 0 Å². The minimum absolute atomic E-state index is 0. The standard InChI is InChI=1S/C23H35N3O3S.ClH/c1-16-15-20(30(28,29)26-17(2)19-8-13-24-14-9-19)3-4-21(16)25-22(27)23-10-5-18(6-11-23)7-12-23;/h3-4,15,17-19,24,26H,5-14H2,1-2H3,(H,25,27);1H/t17-,18?,23?;/m1./s1. The van der Waals surface area contributed by atoms with E-state index in [0.717, 1.165) is 75.9 Å². The van der Waals surface area contributed by atoms with E-state index in [1.54, 1.807) is 18.2 Å². The Bertz CT molecular complexity index is 878. The van der Waals surface area contributed by atoms with Crippen molar-refractivity contribution in [1.82, 2.24) is 10.0 Å². The summed E-state index contributed by atoms with van der Waals surface area (Å²) in [6.45, 7) is 5.69. The van der Waals surface area contributed by atoms with Gasteiger partial charge in [0.2, 0.25) is 15.9 Å². The van der Waals surface area contributed by atoms with Gasteiger partial charge in [0.15, 0.2) is 0 Å². The molecule has 6 nitrogen and oxygen atoms in total. The van der Waals surface area contributed by atoms with E-state index in [4.69, 9.17) is 0 Å². The van der Waals surface area contributed by atoms with Crippen molar-refractivity contribution in [3.8, 4) is 0 Å². The van der Waals surface area contributed by atoms with Crippen molar-refractivity contribution < 1.29 is 13.2 Å². The number of nitrogens with one attached hydrogen (secondary N) is 3. The van der Waals surface area contributed by atoms with Crippen LogP contribution >= 0.6 is 12.4 Å². The van der Waals surface area contributed by atoms with Crippen molar-refractivity contribution in [2.24, 2.45) is 17.3 Å². The molecule has 31 heavy (non-hydrogen) atoms. The first-order valence-electron chi connectivity index (χ1n) is 11.4. The van der Waals surface area contributed by atoms with E-state index < -0.39 is 10.0 Å². The third-order valence-corrected chi connectivity index (χ3v) is 9.32. The highest BCUT2D eigenvalue weighted by Gasteiger charge is 2.45. The van der Waals surface area contributed by atoms with Crippen molar-refractivity contribution >= 4 is 34.0 Å². The summed E-state index contributed by atoms with van der Waals surface area (Å²) in [5, 5.41) is 6.42. The van der Waals surface area contributed by atoms with Crippen LogP contribution in [0.3, 0.4) is 0 Å². The number of aryl methyl sites for hydroxylation is 1. The van der Waals surface area contributed by atoms with Gasteiger partial charge >= 0.3 is 0 Å². The SMILES string of the molecule is Cc1cc(S(=O)(=O)N[C@H](C)C2CCNCC2)ccc1NC(=O)C12CCC(CC1)CC2.Cl. The lowest BCUT2D eigenvalue weighted by atomic mass is 9.60. The minimum atomic E-state index is -3.59. The lowest BCUT2D eigenvalue weighted by Crippen LogP contribution is -2.43. The van der Waals surface area contributed by atoms with Gasteiger partial charge in [-0.2, -0.15) is 0 Å². The van der Waals surface area contributed by atoms with E-state index in [1.165, 1.54) is 0 Å². The second-order valence-corrected chi connectivity index (χ2v) is 11.4. The Labute approximate surface area is 192 Å². The Morgan fingerprint density at radius 2 is 1.71 bits per heavy atom. The van der Waals surface area contributed by atoms with Crippen molar-refractivity contribution in [3.63, 3.8) is 0 Å². The van der Waals surface area contributed by atoms with E-state index in [-0.39, 0.29) is 34.7 Å². The number of rotatable bonds is 6. The molecule has 0 aromatic heterocycles. The van der Waals surface area contributed by atoms with Crippen LogP contribution in [0, 0.1) is 24.2 Å². The number of piperidine rings is 1. The van der Waals surface area contributed by atoms with Crippen LogP contribution in [-0.2, 0) is 14.8 Å². The molecule has 1 heterocycles. The van der Waals surface area contributed by atoms with Gasteiger partial charge in [0, 0.05) is 17.1 Å². The lowest BCUT2D eigenvalue weighted by Gasteiger charge is -2.45. The first kappa shape index (κ1) is 24.5. The Kier molecular flexibility index (Phi) is 7.72. The van der Waals surface area contributed by atoms with E-state index in [9.17, 15) is 13.2 Å². The fraction of sp³-hybridized carbons (Fsp3) is 0.696. The highest BCUT2D eigenvalue weighted by molar-refractivity contribution is 7.89. The molecule has 1 amide bonds. The molecule has 0 spiro atoms. The topological polar surface area (TPSA) is 87.3 Å². The van der Waals surface area contributed by atoms with Crippen LogP contribution in [0.25, 0.3) is 0 Å². The molecule has 2 bridgehead atoms. The molecule has 5 rings (SSSR count). The fourth-order valence-electron chi connectivity index (χ4n) is 5.54. The molecule has 1 aliphatic heterocycles. The zero-order chi connectivity index (χ0) is 21.4. The fourth-order valence-corrected chi connectivity index (χ4v) is 6.94. The van der Waals surface area contributed by atoms with Gasteiger partial charge in [-0.05, 0) is 114 Å². The summed E-state index contributed by atoms with van der Waals surface area (Å²) in [7, 11) is -3.59. The first-order chi connectivity index (χ1) is 14.3. The molecule has 174 valence electrons. The highest BCUT2D eigenvalue weighted by Crippen LogP contribution is 2.50. The largest absolute Gasteiger partial charge is 0.325 e. The number of amides is 1. The third-order valence-electron chi connectivity index (χ3n) is 7.76. The van der Waals surface area contributed by atoms with Gasteiger partial charge in [0.05, 0.1) is 4.90 Å². The van der Waals surface area contributed by atoms with Crippen LogP contribution in [0.4, 0.5) is 5.69 Å². The van der Waals surface area contributed by atoms with Crippen molar-refractivity contribution in [3.05, 3.63) is 23.8 Å². The van der Waals surface area contributed by atoms with Gasteiger partial charge < -0.3 is 10.6 Å². The van der Waals surface area contributed by atoms with Crippen LogP contribution in [0.15, 0.2) is 23.1 Å². The molecular weight excluding hydrogens is 434 g/mol. The summed E-state index contributed by atoms with van der Waals surface area (Å²) in [5.74, 6) is 1.27. The van der Waals surface area contributed by atoms with Crippen LogP contribution in [0.5, 0.6) is 0 Å². The summed E-state index contributed by atoms with van der Waals surface area (Å²) in [6, 6.07) is 4.91. The molecule has 4 aliphatic rings. The number of sulfonamides is 1. The van der Waals surface area contributed by atoms with E-state index in [1.807, 2.05) is 13.8 Å². The average molecular weight is 470 g/mol. The summed E-state index contributed by atoms with van der Waals surface area (Å²) >= 11 is 0. The number of benzene rings is 1. The molecule has 1 aromatic rings. The number of hydrogen-bond acceptors (Lipinski definition) is 4. The number of anilines is 1. The molecule has 4 fully saturated rings. The predicted molar refractivity (Wildman–Crippen MR) is 126 cm³/mol. The smallest absolute Gasteiger partial charge is 0.240 e. The Balaban J connectivity index is 0.00000272. The quantitative estimate of drug-likeness (QED) is 0.587.